The first-order valence-electron chi connectivity index (χ1n) is 9.11. The van der Waals surface area contributed by atoms with Crippen LogP contribution in [0, 0.1) is 13.8 Å². The Hall–Kier alpha value is -3.36. The summed E-state index contributed by atoms with van der Waals surface area (Å²) in [7, 11) is 0. The van der Waals surface area contributed by atoms with E-state index in [4.69, 9.17) is 0 Å². The van der Waals surface area contributed by atoms with Crippen LogP contribution in [-0.2, 0) is 21.3 Å². The molecule has 6 nitrogen and oxygen atoms in total. The van der Waals surface area contributed by atoms with Crippen LogP contribution >= 0.6 is 0 Å². The van der Waals surface area contributed by atoms with Gasteiger partial charge < -0.3 is 10.6 Å². The predicted octanol–water partition coefficient (Wildman–Crippen LogP) is 3.73. The second kappa shape index (κ2) is 7.47. The highest BCUT2D eigenvalue weighted by atomic mass is 19.4. The third-order valence-electron chi connectivity index (χ3n) is 5.22. The highest BCUT2D eigenvalue weighted by molar-refractivity contribution is 6.10. The average Bonchev–Trinajstić information content (AvgIpc) is 2.89. The number of carbonyl (C=O) groups excluding carboxylic acids is 3. The van der Waals surface area contributed by atoms with Gasteiger partial charge in [-0.2, -0.15) is 13.2 Å². The summed E-state index contributed by atoms with van der Waals surface area (Å²) < 4.78 is 39.1. The van der Waals surface area contributed by atoms with Crippen LogP contribution in [0.3, 0.4) is 0 Å². The van der Waals surface area contributed by atoms with Crippen molar-refractivity contribution in [2.24, 2.45) is 0 Å². The molecule has 0 saturated carbocycles. The molecule has 0 aliphatic carbocycles. The Bertz CT molecular complexity index is 1040. The molecule has 1 saturated heterocycles. The fourth-order valence-electron chi connectivity index (χ4n) is 3.26. The van der Waals surface area contributed by atoms with Gasteiger partial charge in [0.25, 0.3) is 5.91 Å². The van der Waals surface area contributed by atoms with Crippen LogP contribution in [-0.4, -0.2) is 29.3 Å². The maximum atomic E-state index is 13.0. The molecule has 0 radical (unpaired) electrons. The number of urea groups is 1. The molecular weight excluding hydrogens is 399 g/mol. The molecular formula is C21H20F3N3O3. The van der Waals surface area contributed by atoms with Crippen molar-refractivity contribution in [3.05, 3.63) is 64.7 Å². The van der Waals surface area contributed by atoms with Crippen molar-refractivity contribution in [2.45, 2.75) is 32.5 Å². The summed E-state index contributed by atoms with van der Waals surface area (Å²) in [6.07, 6.45) is -4.59. The second-order valence-corrected chi connectivity index (χ2v) is 7.32. The fraction of sp³-hybridized carbons (Fsp3) is 0.286. The topological polar surface area (TPSA) is 78.5 Å². The molecule has 30 heavy (non-hydrogen) atoms. The molecule has 1 heterocycles. The minimum Gasteiger partial charge on any atom is -0.324 e. The van der Waals surface area contributed by atoms with Crippen molar-refractivity contribution in [2.75, 3.05) is 11.9 Å². The Labute approximate surface area is 171 Å². The van der Waals surface area contributed by atoms with E-state index in [0.717, 1.165) is 23.3 Å². The normalized spacial score (nSPS) is 19.1. The number of nitrogens with zero attached hydrogens (tertiary/aromatic N) is 1. The Morgan fingerprint density at radius 1 is 1.13 bits per heavy atom. The van der Waals surface area contributed by atoms with Gasteiger partial charge in [-0.25, -0.2) is 4.79 Å². The van der Waals surface area contributed by atoms with Crippen molar-refractivity contribution in [1.82, 2.24) is 10.2 Å². The summed E-state index contributed by atoms with van der Waals surface area (Å²) in [5.41, 5.74) is -0.315. The monoisotopic (exact) mass is 419 g/mol. The maximum absolute atomic E-state index is 13.0. The number of nitrogens with one attached hydrogen (secondary N) is 2. The minimum absolute atomic E-state index is 0.0203. The summed E-state index contributed by atoms with van der Waals surface area (Å²) in [5, 5.41) is 5.06. The summed E-state index contributed by atoms with van der Waals surface area (Å²) in [4.78, 5) is 38.4. The first kappa shape index (κ1) is 21.4. The van der Waals surface area contributed by atoms with E-state index in [-0.39, 0.29) is 5.56 Å². The number of aryl methyl sites for hydroxylation is 1. The van der Waals surface area contributed by atoms with Crippen molar-refractivity contribution in [1.29, 1.82) is 0 Å². The van der Waals surface area contributed by atoms with E-state index in [1.807, 2.05) is 19.9 Å². The highest BCUT2D eigenvalue weighted by Gasteiger charge is 2.50. The number of hydrogen-bond donors (Lipinski definition) is 2. The molecule has 0 unspecified atom stereocenters. The van der Waals surface area contributed by atoms with Crippen molar-refractivity contribution in [3.8, 4) is 0 Å². The lowest BCUT2D eigenvalue weighted by Crippen LogP contribution is -2.42. The molecule has 2 N–H and O–H groups in total. The van der Waals surface area contributed by atoms with Gasteiger partial charge in [-0.3, -0.25) is 14.5 Å². The van der Waals surface area contributed by atoms with Crippen LogP contribution in [0.25, 0.3) is 0 Å². The molecule has 0 aromatic heterocycles. The largest absolute Gasteiger partial charge is 0.416 e. The third kappa shape index (κ3) is 3.87. The number of anilines is 1. The zero-order valence-electron chi connectivity index (χ0n) is 16.6. The lowest BCUT2D eigenvalue weighted by atomic mass is 9.90. The number of alkyl halides is 3. The minimum atomic E-state index is -4.59. The molecule has 4 amide bonds. The van der Waals surface area contributed by atoms with Gasteiger partial charge in [-0.1, -0.05) is 24.3 Å². The van der Waals surface area contributed by atoms with Gasteiger partial charge in [0.2, 0.25) is 5.91 Å². The molecule has 1 aliphatic heterocycles. The van der Waals surface area contributed by atoms with E-state index < -0.39 is 41.7 Å². The van der Waals surface area contributed by atoms with Gasteiger partial charge in [-0.05, 0) is 55.7 Å². The van der Waals surface area contributed by atoms with E-state index >= 15 is 0 Å². The summed E-state index contributed by atoms with van der Waals surface area (Å²) >= 11 is 0. The van der Waals surface area contributed by atoms with Gasteiger partial charge in [0.05, 0.1) is 5.56 Å². The highest BCUT2D eigenvalue weighted by Crippen LogP contribution is 2.34. The van der Waals surface area contributed by atoms with Gasteiger partial charge in [0, 0.05) is 5.69 Å². The first-order chi connectivity index (χ1) is 13.9. The molecule has 3 rings (SSSR count). The number of carbonyl (C=O) groups is 3. The molecule has 9 heteroatoms. The summed E-state index contributed by atoms with van der Waals surface area (Å²) in [6, 6.07) is 8.67. The van der Waals surface area contributed by atoms with E-state index in [1.54, 1.807) is 12.1 Å². The number of amides is 4. The Morgan fingerprint density at radius 3 is 2.47 bits per heavy atom. The van der Waals surface area contributed by atoms with Crippen LogP contribution in [0.2, 0.25) is 0 Å². The quantitative estimate of drug-likeness (QED) is 0.742. The number of rotatable bonds is 4. The number of halogens is 3. The number of hydrogen-bond acceptors (Lipinski definition) is 3. The SMILES string of the molecule is Cc1cccc(NC(=O)CN2C(=O)N[C@@](C)(c3cccc(C(F)(F)F)c3)C2=O)c1C. The molecule has 0 spiro atoms. The Balaban J connectivity index is 1.81. The van der Waals surface area contributed by atoms with Crippen molar-refractivity contribution < 1.29 is 27.6 Å². The summed E-state index contributed by atoms with van der Waals surface area (Å²) in [6.45, 7) is 4.45. The first-order valence-corrected chi connectivity index (χ1v) is 9.11. The molecule has 1 aliphatic rings. The van der Waals surface area contributed by atoms with Crippen LogP contribution in [0.15, 0.2) is 42.5 Å². The average molecular weight is 419 g/mol. The van der Waals surface area contributed by atoms with Crippen molar-refractivity contribution in [3.63, 3.8) is 0 Å². The van der Waals surface area contributed by atoms with Gasteiger partial charge in [0.15, 0.2) is 0 Å². The smallest absolute Gasteiger partial charge is 0.324 e. The molecule has 1 atom stereocenters. The molecule has 2 aromatic rings. The van der Waals surface area contributed by atoms with E-state index in [0.29, 0.717) is 10.6 Å². The second-order valence-electron chi connectivity index (χ2n) is 7.32. The lowest BCUT2D eigenvalue weighted by Gasteiger charge is -2.23. The van der Waals surface area contributed by atoms with Crippen molar-refractivity contribution >= 4 is 23.5 Å². The van der Waals surface area contributed by atoms with Crippen LogP contribution < -0.4 is 10.6 Å². The standard InChI is InChI=1S/C21H20F3N3O3/c1-12-6-4-9-16(13(12)2)25-17(28)11-27-18(29)20(3,26-19(27)30)14-7-5-8-15(10-14)21(22,23)24/h4-10H,11H2,1-3H3,(H,25,28)(H,26,30)/t20-/m0/s1. The van der Waals surface area contributed by atoms with E-state index in [1.165, 1.54) is 19.1 Å². The van der Waals surface area contributed by atoms with E-state index in [9.17, 15) is 27.6 Å². The molecule has 158 valence electrons. The van der Waals surface area contributed by atoms with E-state index in [2.05, 4.69) is 10.6 Å². The molecule has 2 aromatic carbocycles. The van der Waals surface area contributed by atoms with Gasteiger partial charge >= 0.3 is 12.2 Å². The van der Waals surface area contributed by atoms with Crippen LogP contribution in [0.4, 0.5) is 23.7 Å². The maximum Gasteiger partial charge on any atom is 0.416 e. The Morgan fingerprint density at radius 2 is 1.80 bits per heavy atom. The molecule has 1 fully saturated rings. The number of imide groups is 1. The fourth-order valence-corrected chi connectivity index (χ4v) is 3.26. The van der Waals surface area contributed by atoms with Crippen LogP contribution in [0.1, 0.15) is 29.2 Å². The van der Waals surface area contributed by atoms with Crippen LogP contribution in [0.5, 0.6) is 0 Å². The lowest BCUT2D eigenvalue weighted by molar-refractivity contribution is -0.138. The molecule has 0 bridgehead atoms. The zero-order chi connectivity index (χ0) is 22.3. The van der Waals surface area contributed by atoms with Gasteiger partial charge in [0.1, 0.15) is 12.1 Å². The zero-order valence-corrected chi connectivity index (χ0v) is 16.6. The Kier molecular flexibility index (Phi) is 5.32. The number of benzene rings is 2. The predicted molar refractivity (Wildman–Crippen MR) is 104 cm³/mol. The summed E-state index contributed by atoms with van der Waals surface area (Å²) in [5.74, 6) is -1.40. The third-order valence-corrected chi connectivity index (χ3v) is 5.22. The van der Waals surface area contributed by atoms with Gasteiger partial charge in [-0.15, -0.1) is 0 Å².